The molecule has 0 spiro atoms. The van der Waals surface area contributed by atoms with Crippen molar-refractivity contribution in [1.29, 1.82) is 0 Å². The zero-order valence-electron chi connectivity index (χ0n) is 11.5. The molecular weight excluding hydrogens is 258 g/mol. The van der Waals surface area contributed by atoms with Gasteiger partial charge in [0.15, 0.2) is 0 Å². The van der Waals surface area contributed by atoms with E-state index >= 15 is 0 Å². The lowest BCUT2D eigenvalue weighted by Gasteiger charge is -2.17. The van der Waals surface area contributed by atoms with Crippen LogP contribution in [0.5, 0.6) is 0 Å². The zero-order valence-corrected chi connectivity index (χ0v) is 12.3. The van der Waals surface area contributed by atoms with Crippen molar-refractivity contribution in [3.05, 3.63) is 39.8 Å². The predicted molar refractivity (Wildman–Crippen MR) is 80.3 cm³/mol. The van der Waals surface area contributed by atoms with Crippen molar-refractivity contribution in [2.24, 2.45) is 0 Å². The van der Waals surface area contributed by atoms with E-state index in [9.17, 15) is 4.79 Å². The first-order valence-electron chi connectivity index (χ1n) is 6.00. The average Bonchev–Trinajstić information content (AvgIpc) is 2.69. The van der Waals surface area contributed by atoms with Crippen LogP contribution in [0.2, 0.25) is 0 Å². The molecule has 2 rings (SSSR count). The van der Waals surface area contributed by atoms with Crippen LogP contribution in [0.4, 0.5) is 11.4 Å². The molecular formula is C14H17N3OS. The third-order valence-corrected chi connectivity index (χ3v) is 3.82. The Morgan fingerprint density at radius 2 is 1.95 bits per heavy atom. The number of aromatic nitrogens is 1. The van der Waals surface area contributed by atoms with Crippen LogP contribution in [0, 0.1) is 13.8 Å². The van der Waals surface area contributed by atoms with Crippen molar-refractivity contribution in [2.75, 3.05) is 24.3 Å². The number of thiazole rings is 1. The lowest BCUT2D eigenvalue weighted by Crippen LogP contribution is -2.16. The fraction of sp³-hybridized carbons (Fsp3) is 0.286. The summed E-state index contributed by atoms with van der Waals surface area (Å²) in [5.74, 6) is -0.0996. The van der Waals surface area contributed by atoms with E-state index in [4.69, 9.17) is 0 Å². The largest absolute Gasteiger partial charge is 0.376 e. The first kappa shape index (κ1) is 13.5. The predicted octanol–water partition coefficient (Wildman–Crippen LogP) is 3.08. The molecule has 1 N–H and O–H groups in total. The quantitative estimate of drug-likeness (QED) is 0.936. The molecule has 0 unspecified atom stereocenters. The number of carbonyl (C=O) groups excluding carboxylic acids is 1. The maximum absolute atomic E-state index is 12.3. The average molecular weight is 275 g/mol. The molecule has 1 aromatic heterocycles. The molecule has 0 atom stereocenters. The first-order chi connectivity index (χ1) is 8.99. The highest BCUT2D eigenvalue weighted by Gasteiger charge is 2.15. The lowest BCUT2D eigenvalue weighted by molar-refractivity contribution is 0.103. The van der Waals surface area contributed by atoms with E-state index in [1.807, 2.05) is 57.1 Å². The Bertz CT molecular complexity index is 604. The molecule has 4 nitrogen and oxygen atoms in total. The SMILES string of the molecule is Cc1nc(C)c(C(=O)Nc2ccccc2N(C)C)s1. The van der Waals surface area contributed by atoms with E-state index in [-0.39, 0.29) is 5.91 Å². The summed E-state index contributed by atoms with van der Waals surface area (Å²) in [7, 11) is 3.90. The Hall–Kier alpha value is -1.88. The van der Waals surface area contributed by atoms with Gasteiger partial charge in [0.1, 0.15) is 4.88 Å². The van der Waals surface area contributed by atoms with E-state index < -0.39 is 0 Å². The molecule has 19 heavy (non-hydrogen) atoms. The van der Waals surface area contributed by atoms with Gasteiger partial charge in [-0.3, -0.25) is 4.79 Å². The molecule has 0 aliphatic heterocycles. The molecule has 0 bridgehead atoms. The molecule has 0 radical (unpaired) electrons. The second kappa shape index (κ2) is 5.40. The van der Waals surface area contributed by atoms with E-state index in [0.717, 1.165) is 22.1 Å². The number of para-hydroxylation sites is 2. The van der Waals surface area contributed by atoms with E-state index in [0.29, 0.717) is 4.88 Å². The molecule has 1 amide bonds. The number of rotatable bonds is 3. The molecule has 1 aromatic carbocycles. The summed E-state index contributed by atoms with van der Waals surface area (Å²) < 4.78 is 0. The molecule has 0 saturated carbocycles. The van der Waals surface area contributed by atoms with Crippen LogP contribution in [0.15, 0.2) is 24.3 Å². The minimum absolute atomic E-state index is 0.0996. The standard InChI is InChI=1S/C14H17N3OS/c1-9-13(19-10(2)15-9)14(18)16-11-7-5-6-8-12(11)17(3)4/h5-8H,1-4H3,(H,16,18). The van der Waals surface area contributed by atoms with Crippen molar-refractivity contribution in [1.82, 2.24) is 4.98 Å². The van der Waals surface area contributed by atoms with E-state index in [1.54, 1.807) is 0 Å². The van der Waals surface area contributed by atoms with Crippen LogP contribution in [-0.2, 0) is 0 Å². The van der Waals surface area contributed by atoms with Gasteiger partial charge in [0, 0.05) is 14.1 Å². The monoisotopic (exact) mass is 275 g/mol. The van der Waals surface area contributed by atoms with E-state index in [1.165, 1.54) is 11.3 Å². The van der Waals surface area contributed by atoms with Gasteiger partial charge >= 0.3 is 0 Å². The number of carbonyl (C=O) groups is 1. The Balaban J connectivity index is 2.27. The molecule has 1 heterocycles. The lowest BCUT2D eigenvalue weighted by atomic mass is 10.2. The summed E-state index contributed by atoms with van der Waals surface area (Å²) >= 11 is 1.42. The number of aryl methyl sites for hydroxylation is 2. The summed E-state index contributed by atoms with van der Waals surface area (Å²) in [5, 5.41) is 3.86. The smallest absolute Gasteiger partial charge is 0.267 e. The van der Waals surface area contributed by atoms with Gasteiger partial charge in [-0.2, -0.15) is 0 Å². The van der Waals surface area contributed by atoms with Crippen LogP contribution >= 0.6 is 11.3 Å². The topological polar surface area (TPSA) is 45.2 Å². The molecule has 100 valence electrons. The molecule has 0 aliphatic carbocycles. The van der Waals surface area contributed by atoms with Crippen LogP contribution in [-0.4, -0.2) is 25.0 Å². The molecule has 0 saturated heterocycles. The molecule has 0 fully saturated rings. The van der Waals surface area contributed by atoms with Crippen LogP contribution in [0.3, 0.4) is 0 Å². The minimum Gasteiger partial charge on any atom is -0.376 e. The fourth-order valence-corrected chi connectivity index (χ4v) is 2.71. The maximum Gasteiger partial charge on any atom is 0.267 e. The second-order valence-electron chi connectivity index (χ2n) is 4.51. The number of hydrogen-bond acceptors (Lipinski definition) is 4. The van der Waals surface area contributed by atoms with Gasteiger partial charge in [-0.1, -0.05) is 12.1 Å². The van der Waals surface area contributed by atoms with Gasteiger partial charge in [-0.15, -0.1) is 11.3 Å². The highest BCUT2D eigenvalue weighted by atomic mass is 32.1. The third kappa shape index (κ3) is 2.93. The number of hydrogen-bond donors (Lipinski definition) is 1. The summed E-state index contributed by atoms with van der Waals surface area (Å²) in [5.41, 5.74) is 2.57. The van der Waals surface area contributed by atoms with Crippen LogP contribution in [0.25, 0.3) is 0 Å². The van der Waals surface area contributed by atoms with Gasteiger partial charge in [0.2, 0.25) is 0 Å². The van der Waals surface area contributed by atoms with Crippen molar-refractivity contribution >= 4 is 28.6 Å². The van der Waals surface area contributed by atoms with Crippen LogP contribution in [0.1, 0.15) is 20.4 Å². The van der Waals surface area contributed by atoms with Crippen LogP contribution < -0.4 is 10.2 Å². The summed E-state index contributed by atoms with van der Waals surface area (Å²) in [6.07, 6.45) is 0. The zero-order chi connectivity index (χ0) is 14.0. The second-order valence-corrected chi connectivity index (χ2v) is 5.72. The van der Waals surface area contributed by atoms with Gasteiger partial charge < -0.3 is 10.2 Å². The molecule has 2 aromatic rings. The van der Waals surface area contributed by atoms with Gasteiger partial charge in [0.05, 0.1) is 22.1 Å². The van der Waals surface area contributed by atoms with Crippen molar-refractivity contribution in [3.63, 3.8) is 0 Å². The summed E-state index contributed by atoms with van der Waals surface area (Å²) in [6, 6.07) is 7.73. The Kier molecular flexibility index (Phi) is 3.85. The summed E-state index contributed by atoms with van der Waals surface area (Å²) in [6.45, 7) is 3.76. The Labute approximate surface area is 117 Å². The van der Waals surface area contributed by atoms with Crippen molar-refractivity contribution < 1.29 is 4.79 Å². The maximum atomic E-state index is 12.3. The minimum atomic E-state index is -0.0996. The fourth-order valence-electron chi connectivity index (χ4n) is 1.89. The Morgan fingerprint density at radius 1 is 1.26 bits per heavy atom. The first-order valence-corrected chi connectivity index (χ1v) is 6.82. The summed E-state index contributed by atoms with van der Waals surface area (Å²) in [4.78, 5) is 19.2. The number of benzene rings is 1. The van der Waals surface area contributed by atoms with Crippen molar-refractivity contribution in [3.8, 4) is 0 Å². The van der Waals surface area contributed by atoms with Crippen molar-refractivity contribution in [2.45, 2.75) is 13.8 Å². The normalized spacial score (nSPS) is 10.3. The number of nitrogens with zero attached hydrogens (tertiary/aromatic N) is 2. The van der Waals surface area contributed by atoms with Gasteiger partial charge in [-0.05, 0) is 26.0 Å². The number of nitrogens with one attached hydrogen (secondary N) is 1. The van der Waals surface area contributed by atoms with Gasteiger partial charge in [-0.25, -0.2) is 4.98 Å². The molecule has 0 aliphatic rings. The molecule has 5 heteroatoms. The number of anilines is 2. The van der Waals surface area contributed by atoms with Gasteiger partial charge in [0.25, 0.3) is 5.91 Å². The highest BCUT2D eigenvalue weighted by Crippen LogP contribution is 2.25. The number of amides is 1. The van der Waals surface area contributed by atoms with E-state index in [2.05, 4.69) is 10.3 Å². The third-order valence-electron chi connectivity index (χ3n) is 2.74. The Morgan fingerprint density at radius 3 is 2.53 bits per heavy atom. The highest BCUT2D eigenvalue weighted by molar-refractivity contribution is 7.13.